The minimum Gasteiger partial charge on any atom is -0.495 e. The first-order valence-corrected chi connectivity index (χ1v) is 12.3. The van der Waals surface area contributed by atoms with Crippen molar-refractivity contribution in [3.05, 3.63) is 29.3 Å². The van der Waals surface area contributed by atoms with Gasteiger partial charge < -0.3 is 10.1 Å². The first-order chi connectivity index (χ1) is 14.8. The second-order valence-corrected chi connectivity index (χ2v) is 9.72. The van der Waals surface area contributed by atoms with Gasteiger partial charge in [-0.2, -0.15) is 4.31 Å². The molecule has 1 aromatic carbocycles. The maximum atomic E-state index is 12.8. The Labute approximate surface area is 186 Å². The SMILES string of the molecule is CCN(CC)S(=O)(=O)c1ccc(OC)c(NC(=O)Cc2csc(N3CCCC3=O)n2)c1. The second-order valence-electron chi connectivity index (χ2n) is 6.95. The van der Waals surface area contributed by atoms with E-state index in [-0.39, 0.29) is 28.8 Å². The minimum absolute atomic E-state index is 0.00525. The Morgan fingerprint density at radius 2 is 2.06 bits per heavy atom. The Bertz CT molecular complexity index is 1060. The number of benzene rings is 1. The number of carbonyl (C=O) groups is 2. The Hall–Kier alpha value is -2.50. The molecule has 1 saturated heterocycles. The number of hydrogen-bond acceptors (Lipinski definition) is 7. The van der Waals surface area contributed by atoms with E-state index < -0.39 is 10.0 Å². The van der Waals surface area contributed by atoms with E-state index in [1.165, 1.54) is 41.0 Å². The van der Waals surface area contributed by atoms with E-state index >= 15 is 0 Å². The first-order valence-electron chi connectivity index (χ1n) is 10.0. The van der Waals surface area contributed by atoms with E-state index in [1.807, 2.05) is 0 Å². The molecule has 1 aliphatic heterocycles. The van der Waals surface area contributed by atoms with Gasteiger partial charge in [0.15, 0.2) is 5.13 Å². The van der Waals surface area contributed by atoms with Crippen molar-refractivity contribution < 1.29 is 22.7 Å². The Morgan fingerprint density at radius 3 is 2.68 bits per heavy atom. The highest BCUT2D eigenvalue weighted by atomic mass is 32.2. The summed E-state index contributed by atoms with van der Waals surface area (Å²) in [6.45, 7) is 4.87. The number of nitrogens with one attached hydrogen (secondary N) is 1. The van der Waals surface area contributed by atoms with E-state index in [0.717, 1.165) is 6.42 Å². The average Bonchev–Trinajstić information content (AvgIpc) is 3.37. The maximum Gasteiger partial charge on any atom is 0.243 e. The van der Waals surface area contributed by atoms with Gasteiger partial charge in [0.1, 0.15) is 5.75 Å². The molecule has 11 heteroatoms. The molecule has 31 heavy (non-hydrogen) atoms. The molecule has 9 nitrogen and oxygen atoms in total. The zero-order valence-corrected chi connectivity index (χ0v) is 19.4. The summed E-state index contributed by atoms with van der Waals surface area (Å²) >= 11 is 1.32. The van der Waals surface area contributed by atoms with E-state index in [4.69, 9.17) is 4.74 Å². The Kier molecular flexibility index (Phi) is 7.29. The Balaban J connectivity index is 1.76. The molecule has 0 bridgehead atoms. The summed E-state index contributed by atoms with van der Waals surface area (Å²) in [6, 6.07) is 4.38. The summed E-state index contributed by atoms with van der Waals surface area (Å²) in [5.74, 6) is 0.0371. The smallest absolute Gasteiger partial charge is 0.243 e. The fraction of sp³-hybridized carbons (Fsp3) is 0.450. The van der Waals surface area contributed by atoms with Crippen molar-refractivity contribution >= 4 is 44.0 Å². The number of hydrogen-bond donors (Lipinski definition) is 1. The van der Waals surface area contributed by atoms with Crippen LogP contribution in [-0.2, 0) is 26.0 Å². The van der Waals surface area contributed by atoms with Crippen LogP contribution in [0, 0.1) is 0 Å². The zero-order chi connectivity index (χ0) is 22.6. The molecule has 2 amide bonds. The van der Waals surface area contributed by atoms with Gasteiger partial charge in [-0.1, -0.05) is 13.8 Å². The summed E-state index contributed by atoms with van der Waals surface area (Å²) in [7, 11) is -2.23. The lowest BCUT2D eigenvalue weighted by Gasteiger charge is -2.19. The summed E-state index contributed by atoms with van der Waals surface area (Å²) in [4.78, 5) is 30.6. The van der Waals surface area contributed by atoms with Crippen LogP contribution >= 0.6 is 11.3 Å². The quantitative estimate of drug-likeness (QED) is 0.608. The average molecular weight is 467 g/mol. The molecule has 0 aliphatic carbocycles. The lowest BCUT2D eigenvalue weighted by atomic mass is 10.2. The third-order valence-electron chi connectivity index (χ3n) is 4.97. The Morgan fingerprint density at radius 1 is 1.32 bits per heavy atom. The summed E-state index contributed by atoms with van der Waals surface area (Å²) in [5.41, 5.74) is 0.814. The molecule has 0 unspecified atom stereocenters. The van der Waals surface area contributed by atoms with Gasteiger partial charge in [-0.3, -0.25) is 14.5 Å². The molecule has 0 atom stereocenters. The molecule has 0 radical (unpaired) electrons. The van der Waals surface area contributed by atoms with Crippen molar-refractivity contribution in [3.8, 4) is 5.75 Å². The predicted octanol–water partition coefficient (Wildman–Crippen LogP) is 2.49. The monoisotopic (exact) mass is 466 g/mol. The highest BCUT2D eigenvalue weighted by Crippen LogP contribution is 2.30. The maximum absolute atomic E-state index is 12.8. The van der Waals surface area contributed by atoms with Crippen molar-refractivity contribution in [2.24, 2.45) is 0 Å². The van der Waals surface area contributed by atoms with Crippen molar-refractivity contribution in [2.75, 3.05) is 37.0 Å². The zero-order valence-electron chi connectivity index (χ0n) is 17.8. The van der Waals surface area contributed by atoms with Crippen LogP contribution in [0.3, 0.4) is 0 Å². The molecule has 1 fully saturated rings. The van der Waals surface area contributed by atoms with Crippen molar-refractivity contribution in [1.29, 1.82) is 0 Å². The van der Waals surface area contributed by atoms with Crippen LogP contribution in [0.5, 0.6) is 5.75 Å². The lowest BCUT2D eigenvalue weighted by molar-refractivity contribution is -0.117. The molecule has 1 N–H and O–H groups in total. The number of anilines is 2. The van der Waals surface area contributed by atoms with E-state index in [9.17, 15) is 18.0 Å². The number of rotatable bonds is 9. The number of methoxy groups -OCH3 is 1. The van der Waals surface area contributed by atoms with Crippen LogP contribution in [-0.4, -0.2) is 56.3 Å². The number of amides is 2. The fourth-order valence-electron chi connectivity index (χ4n) is 3.37. The lowest BCUT2D eigenvalue weighted by Crippen LogP contribution is -2.30. The third-order valence-corrected chi connectivity index (χ3v) is 7.93. The largest absolute Gasteiger partial charge is 0.495 e. The van der Waals surface area contributed by atoms with Crippen molar-refractivity contribution in [3.63, 3.8) is 0 Å². The van der Waals surface area contributed by atoms with E-state index in [0.29, 0.717) is 42.6 Å². The second kappa shape index (κ2) is 9.75. The molecular weight excluding hydrogens is 440 g/mol. The molecule has 3 rings (SSSR count). The van der Waals surface area contributed by atoms with E-state index in [1.54, 1.807) is 24.1 Å². The first kappa shape index (κ1) is 23.2. The van der Waals surface area contributed by atoms with Gasteiger partial charge in [0.2, 0.25) is 21.8 Å². The van der Waals surface area contributed by atoms with E-state index in [2.05, 4.69) is 10.3 Å². The van der Waals surface area contributed by atoms with Crippen LogP contribution in [0.25, 0.3) is 0 Å². The molecule has 168 valence electrons. The number of sulfonamides is 1. The number of carbonyl (C=O) groups excluding carboxylic acids is 2. The number of ether oxygens (including phenoxy) is 1. The van der Waals surface area contributed by atoms with Crippen LogP contribution in [0.2, 0.25) is 0 Å². The van der Waals surface area contributed by atoms with Gasteiger partial charge >= 0.3 is 0 Å². The van der Waals surface area contributed by atoms with Gasteiger partial charge in [-0.05, 0) is 24.6 Å². The highest BCUT2D eigenvalue weighted by molar-refractivity contribution is 7.89. The van der Waals surface area contributed by atoms with Gasteiger partial charge in [-0.15, -0.1) is 11.3 Å². The molecule has 1 aliphatic rings. The number of thiazole rings is 1. The van der Waals surface area contributed by atoms with Crippen LogP contribution in [0.4, 0.5) is 10.8 Å². The number of aromatic nitrogens is 1. The standard InChI is InChI=1S/C20H26N4O5S2/c1-4-23(5-2)31(27,28)15-8-9-17(29-3)16(12-15)22-18(25)11-14-13-30-20(21-14)24-10-6-7-19(24)26/h8-9,12-13H,4-7,10-11H2,1-3H3,(H,22,25). The summed E-state index contributed by atoms with van der Waals surface area (Å²) < 4.78 is 32.2. The number of nitrogens with zero attached hydrogens (tertiary/aromatic N) is 3. The molecule has 0 spiro atoms. The highest BCUT2D eigenvalue weighted by Gasteiger charge is 2.25. The minimum atomic E-state index is -3.68. The third kappa shape index (κ3) is 5.05. The fourth-order valence-corrected chi connectivity index (χ4v) is 5.72. The van der Waals surface area contributed by atoms with Crippen molar-refractivity contribution in [1.82, 2.24) is 9.29 Å². The van der Waals surface area contributed by atoms with Gasteiger partial charge in [0.25, 0.3) is 0 Å². The molecule has 1 aromatic heterocycles. The topological polar surface area (TPSA) is 109 Å². The van der Waals surface area contributed by atoms with Gasteiger partial charge in [0, 0.05) is 31.4 Å². The van der Waals surface area contributed by atoms with Gasteiger partial charge in [0.05, 0.1) is 29.8 Å². The molecular formula is C20H26N4O5S2. The van der Waals surface area contributed by atoms with Crippen LogP contribution in [0.15, 0.2) is 28.5 Å². The molecule has 2 aromatic rings. The van der Waals surface area contributed by atoms with Gasteiger partial charge in [-0.25, -0.2) is 13.4 Å². The van der Waals surface area contributed by atoms with Crippen molar-refractivity contribution in [2.45, 2.75) is 38.0 Å². The van der Waals surface area contributed by atoms with Crippen LogP contribution in [0.1, 0.15) is 32.4 Å². The summed E-state index contributed by atoms with van der Waals surface area (Å²) in [6.07, 6.45) is 1.32. The summed E-state index contributed by atoms with van der Waals surface area (Å²) in [5, 5.41) is 5.06. The normalized spacial score (nSPS) is 14.3. The predicted molar refractivity (Wildman–Crippen MR) is 119 cm³/mol. The van der Waals surface area contributed by atoms with Crippen LogP contribution < -0.4 is 15.0 Å². The molecule has 2 heterocycles. The molecule has 0 saturated carbocycles.